The number of aromatic amines is 1. The second-order valence-corrected chi connectivity index (χ2v) is 3.58. The van der Waals surface area contributed by atoms with Gasteiger partial charge in [-0.25, -0.2) is 13.6 Å². The number of nitrogens with one attached hydrogen (secondary N) is 1. The number of aromatic nitrogens is 1. The van der Waals surface area contributed by atoms with E-state index in [9.17, 15) is 18.4 Å². The van der Waals surface area contributed by atoms with Crippen molar-refractivity contribution in [2.24, 2.45) is 0 Å². The highest BCUT2D eigenvalue weighted by Crippen LogP contribution is 2.21. The summed E-state index contributed by atoms with van der Waals surface area (Å²) >= 11 is 0. The lowest BCUT2D eigenvalue weighted by Gasteiger charge is -2.04. The molecule has 4 nitrogen and oxygen atoms in total. The lowest BCUT2D eigenvalue weighted by atomic mass is 10.1. The molecule has 1 aromatic heterocycles. The third kappa shape index (κ3) is 2.27. The van der Waals surface area contributed by atoms with Gasteiger partial charge in [-0.15, -0.1) is 0 Å². The smallest absolute Gasteiger partial charge is 0.335 e. The van der Waals surface area contributed by atoms with Gasteiger partial charge in [-0.2, -0.15) is 0 Å². The number of carboxylic acids is 1. The number of carbonyl (C=O) groups is 1. The van der Waals surface area contributed by atoms with E-state index in [2.05, 4.69) is 4.98 Å². The summed E-state index contributed by atoms with van der Waals surface area (Å²) < 4.78 is 26.5. The van der Waals surface area contributed by atoms with E-state index in [-0.39, 0.29) is 16.8 Å². The number of hydrogen-bond acceptors (Lipinski definition) is 2. The summed E-state index contributed by atoms with van der Waals surface area (Å²) in [6.45, 7) is 0. The average molecular weight is 251 g/mol. The molecular formula is C12H7F2NO3. The summed E-state index contributed by atoms with van der Waals surface area (Å²) in [5.41, 5.74) is -1.28. The second kappa shape index (κ2) is 4.40. The quantitative estimate of drug-likeness (QED) is 0.857. The van der Waals surface area contributed by atoms with E-state index in [1.807, 2.05) is 0 Å². The van der Waals surface area contributed by atoms with Gasteiger partial charge in [0.25, 0.3) is 0 Å². The Bertz CT molecular complexity index is 679. The maximum absolute atomic E-state index is 13.5. The van der Waals surface area contributed by atoms with Gasteiger partial charge < -0.3 is 10.1 Å². The zero-order chi connectivity index (χ0) is 13.3. The van der Waals surface area contributed by atoms with Crippen molar-refractivity contribution in [2.75, 3.05) is 0 Å². The van der Waals surface area contributed by atoms with Gasteiger partial charge in [0.05, 0.1) is 11.3 Å². The van der Waals surface area contributed by atoms with Crippen molar-refractivity contribution in [1.82, 2.24) is 4.98 Å². The molecule has 2 rings (SSSR count). The molecule has 0 bridgehead atoms. The largest absolute Gasteiger partial charge is 0.478 e. The molecule has 1 heterocycles. The number of halogens is 2. The predicted molar refractivity (Wildman–Crippen MR) is 59.4 cm³/mol. The molecule has 0 atom stereocenters. The summed E-state index contributed by atoms with van der Waals surface area (Å²) in [5, 5.41) is 8.78. The topological polar surface area (TPSA) is 70.2 Å². The number of H-pyrrole nitrogens is 1. The van der Waals surface area contributed by atoms with Gasteiger partial charge in [0.1, 0.15) is 11.6 Å². The number of carboxylic acid groups (broad SMARTS) is 1. The molecule has 0 unspecified atom stereocenters. The number of rotatable bonds is 2. The van der Waals surface area contributed by atoms with Crippen molar-refractivity contribution in [3.8, 4) is 11.3 Å². The molecule has 0 aliphatic rings. The Kier molecular flexibility index (Phi) is 2.93. The van der Waals surface area contributed by atoms with Crippen LogP contribution in [-0.2, 0) is 0 Å². The number of pyridine rings is 1. The summed E-state index contributed by atoms with van der Waals surface area (Å²) in [7, 11) is 0. The predicted octanol–water partition coefficient (Wildman–Crippen LogP) is 2.02. The molecule has 18 heavy (non-hydrogen) atoms. The molecule has 92 valence electrons. The van der Waals surface area contributed by atoms with E-state index >= 15 is 0 Å². The van der Waals surface area contributed by atoms with Crippen molar-refractivity contribution in [3.63, 3.8) is 0 Å². The molecule has 0 saturated heterocycles. The minimum Gasteiger partial charge on any atom is -0.478 e. The van der Waals surface area contributed by atoms with Crippen LogP contribution in [-0.4, -0.2) is 16.1 Å². The van der Waals surface area contributed by atoms with E-state index in [0.29, 0.717) is 0 Å². The van der Waals surface area contributed by atoms with E-state index in [1.54, 1.807) is 0 Å². The van der Waals surface area contributed by atoms with E-state index in [4.69, 9.17) is 5.11 Å². The van der Waals surface area contributed by atoms with Crippen molar-refractivity contribution in [1.29, 1.82) is 0 Å². The van der Waals surface area contributed by atoms with Gasteiger partial charge in [0, 0.05) is 11.6 Å². The SMILES string of the molecule is O=C(O)c1cc(-c2cc(F)ccc2F)[nH]c(=O)c1. The molecule has 1 aromatic carbocycles. The zero-order valence-corrected chi connectivity index (χ0v) is 8.91. The molecule has 0 saturated carbocycles. The highest BCUT2D eigenvalue weighted by molar-refractivity contribution is 5.88. The van der Waals surface area contributed by atoms with Crippen LogP contribution >= 0.6 is 0 Å². The van der Waals surface area contributed by atoms with Crippen LogP contribution in [0.15, 0.2) is 35.1 Å². The fraction of sp³-hybridized carbons (Fsp3) is 0. The first-order valence-corrected chi connectivity index (χ1v) is 4.90. The molecule has 0 radical (unpaired) electrons. The average Bonchev–Trinajstić information content (AvgIpc) is 2.31. The van der Waals surface area contributed by atoms with Gasteiger partial charge in [-0.05, 0) is 24.3 Å². The Hall–Kier alpha value is -2.50. The van der Waals surface area contributed by atoms with Gasteiger partial charge in [-0.1, -0.05) is 0 Å². The first-order chi connectivity index (χ1) is 8.47. The van der Waals surface area contributed by atoms with Gasteiger partial charge in [0.2, 0.25) is 5.56 Å². The summed E-state index contributed by atoms with van der Waals surface area (Å²) in [6.07, 6.45) is 0. The lowest BCUT2D eigenvalue weighted by Crippen LogP contribution is -2.10. The van der Waals surface area contributed by atoms with Crippen molar-refractivity contribution >= 4 is 5.97 Å². The Morgan fingerprint density at radius 3 is 2.56 bits per heavy atom. The van der Waals surface area contributed by atoms with Crippen molar-refractivity contribution in [2.45, 2.75) is 0 Å². The van der Waals surface area contributed by atoms with Crippen molar-refractivity contribution < 1.29 is 18.7 Å². The van der Waals surface area contributed by atoms with Crippen LogP contribution in [0.5, 0.6) is 0 Å². The Labute approximate surface area is 99.5 Å². The molecule has 0 fully saturated rings. The van der Waals surface area contributed by atoms with Gasteiger partial charge in [0.15, 0.2) is 0 Å². The monoisotopic (exact) mass is 251 g/mol. The minimum atomic E-state index is -1.32. The second-order valence-electron chi connectivity index (χ2n) is 3.58. The highest BCUT2D eigenvalue weighted by atomic mass is 19.1. The summed E-state index contributed by atoms with van der Waals surface area (Å²) in [6, 6.07) is 4.64. The Balaban J connectivity index is 2.67. The molecule has 0 aliphatic carbocycles. The fourth-order valence-corrected chi connectivity index (χ4v) is 1.52. The fourth-order valence-electron chi connectivity index (χ4n) is 1.52. The molecule has 0 aliphatic heterocycles. The maximum Gasteiger partial charge on any atom is 0.335 e. The van der Waals surface area contributed by atoms with Crippen LogP contribution < -0.4 is 5.56 Å². The first-order valence-electron chi connectivity index (χ1n) is 4.90. The molecular weight excluding hydrogens is 244 g/mol. The Morgan fingerprint density at radius 1 is 1.17 bits per heavy atom. The third-order valence-corrected chi connectivity index (χ3v) is 2.31. The third-order valence-electron chi connectivity index (χ3n) is 2.31. The molecule has 2 aromatic rings. The van der Waals surface area contributed by atoms with E-state index in [1.165, 1.54) is 0 Å². The first kappa shape index (κ1) is 12.0. The number of aromatic carboxylic acids is 1. The number of benzene rings is 1. The molecule has 0 amide bonds. The van der Waals surface area contributed by atoms with E-state index < -0.39 is 23.2 Å². The number of hydrogen-bond donors (Lipinski definition) is 2. The van der Waals surface area contributed by atoms with E-state index in [0.717, 1.165) is 30.3 Å². The molecule has 2 N–H and O–H groups in total. The van der Waals surface area contributed by atoms with Gasteiger partial charge in [-0.3, -0.25) is 4.79 Å². The normalized spacial score (nSPS) is 10.3. The molecule has 6 heteroatoms. The van der Waals surface area contributed by atoms with Crippen LogP contribution in [0, 0.1) is 11.6 Å². The van der Waals surface area contributed by atoms with Crippen LogP contribution in [0.3, 0.4) is 0 Å². The van der Waals surface area contributed by atoms with Gasteiger partial charge >= 0.3 is 5.97 Å². The maximum atomic E-state index is 13.5. The zero-order valence-electron chi connectivity index (χ0n) is 8.91. The van der Waals surface area contributed by atoms with Crippen LogP contribution in [0.1, 0.15) is 10.4 Å². The van der Waals surface area contributed by atoms with Crippen molar-refractivity contribution in [3.05, 3.63) is 57.9 Å². The van der Waals surface area contributed by atoms with Crippen LogP contribution in [0.4, 0.5) is 8.78 Å². The highest BCUT2D eigenvalue weighted by Gasteiger charge is 2.11. The minimum absolute atomic E-state index is 0.0862. The lowest BCUT2D eigenvalue weighted by molar-refractivity contribution is 0.0696. The van der Waals surface area contributed by atoms with Crippen LogP contribution in [0.2, 0.25) is 0 Å². The standard InChI is InChI=1S/C12H7F2NO3/c13-7-1-2-9(14)8(5-7)10-3-6(12(17)18)4-11(16)15-10/h1-5H,(H,15,16)(H,17,18). The Morgan fingerprint density at radius 2 is 1.89 bits per heavy atom. The molecule has 0 spiro atoms. The van der Waals surface area contributed by atoms with Crippen LogP contribution in [0.25, 0.3) is 11.3 Å². The summed E-state index contributed by atoms with van der Waals surface area (Å²) in [5.74, 6) is -2.76. The summed E-state index contributed by atoms with van der Waals surface area (Å²) in [4.78, 5) is 24.3.